The Morgan fingerprint density at radius 1 is 0.844 bits per heavy atom. The average Bonchev–Trinajstić information content (AvgIpc) is 2.79. The van der Waals surface area contributed by atoms with E-state index in [4.69, 9.17) is 0 Å². The molecule has 1 aliphatic rings. The Hall–Kier alpha value is -3.25. The number of hydrogen-bond acceptors (Lipinski definition) is 7. The molecule has 0 unspecified atom stereocenters. The van der Waals surface area contributed by atoms with Crippen LogP contribution >= 0.6 is 0 Å². The largest absolute Gasteiger partial charge is 0.573 e. The molecule has 32 heavy (non-hydrogen) atoms. The number of alkyl halides is 3. The molecular weight excluding hydrogens is 447 g/mol. The van der Waals surface area contributed by atoms with E-state index >= 15 is 0 Å². The highest BCUT2D eigenvalue weighted by molar-refractivity contribution is 7.89. The molecule has 0 atom stereocenters. The highest BCUT2D eigenvalue weighted by Gasteiger charge is 2.32. The number of halogens is 3. The second-order valence-electron chi connectivity index (χ2n) is 6.90. The molecule has 3 heterocycles. The van der Waals surface area contributed by atoms with Gasteiger partial charge in [0, 0.05) is 32.4 Å². The van der Waals surface area contributed by atoms with Gasteiger partial charge in [-0.1, -0.05) is 6.07 Å². The van der Waals surface area contributed by atoms with Gasteiger partial charge in [0.1, 0.15) is 11.4 Å². The highest BCUT2D eigenvalue weighted by Crippen LogP contribution is 2.26. The summed E-state index contributed by atoms with van der Waals surface area (Å²) < 4.78 is 67.6. The van der Waals surface area contributed by atoms with Crippen LogP contribution in [0.15, 0.2) is 65.7 Å². The second-order valence-corrected chi connectivity index (χ2v) is 8.84. The van der Waals surface area contributed by atoms with Crippen molar-refractivity contribution in [2.75, 3.05) is 31.1 Å². The minimum absolute atomic E-state index is 0.0972. The third kappa shape index (κ3) is 4.97. The minimum Gasteiger partial charge on any atom is -0.406 e. The second kappa shape index (κ2) is 8.71. The monoisotopic (exact) mass is 465 g/mol. The van der Waals surface area contributed by atoms with Crippen molar-refractivity contribution in [3.8, 4) is 17.1 Å². The topological polar surface area (TPSA) is 88.5 Å². The lowest BCUT2D eigenvalue weighted by Crippen LogP contribution is -2.49. The molecule has 0 bridgehead atoms. The van der Waals surface area contributed by atoms with Crippen molar-refractivity contribution >= 4 is 15.8 Å². The molecule has 0 saturated carbocycles. The Kier molecular flexibility index (Phi) is 5.98. The number of pyridine rings is 1. The Bertz CT molecular complexity index is 1150. The molecule has 1 fully saturated rings. The van der Waals surface area contributed by atoms with Gasteiger partial charge < -0.3 is 9.64 Å². The van der Waals surface area contributed by atoms with Gasteiger partial charge in [-0.2, -0.15) is 4.31 Å². The van der Waals surface area contributed by atoms with Crippen LogP contribution in [-0.2, 0) is 10.0 Å². The van der Waals surface area contributed by atoms with Crippen LogP contribution < -0.4 is 9.64 Å². The summed E-state index contributed by atoms with van der Waals surface area (Å²) in [5, 5.41) is 8.42. The summed E-state index contributed by atoms with van der Waals surface area (Å²) in [6.07, 6.45) is -3.17. The summed E-state index contributed by atoms with van der Waals surface area (Å²) in [6.45, 7) is 1.19. The number of piperazine rings is 1. The van der Waals surface area contributed by atoms with E-state index in [2.05, 4.69) is 19.9 Å². The Morgan fingerprint density at radius 3 is 2.12 bits per heavy atom. The molecule has 8 nitrogen and oxygen atoms in total. The molecule has 1 aliphatic heterocycles. The Balaban J connectivity index is 1.39. The van der Waals surface area contributed by atoms with Crippen LogP contribution in [0.4, 0.5) is 19.0 Å². The third-order valence-electron chi connectivity index (χ3n) is 4.84. The normalized spacial score (nSPS) is 15.5. The number of nitrogens with zero attached hydrogens (tertiary/aromatic N) is 5. The van der Waals surface area contributed by atoms with Crippen molar-refractivity contribution in [1.82, 2.24) is 19.5 Å². The van der Waals surface area contributed by atoms with E-state index < -0.39 is 22.1 Å². The van der Waals surface area contributed by atoms with Gasteiger partial charge in [-0.05, 0) is 48.5 Å². The van der Waals surface area contributed by atoms with Crippen molar-refractivity contribution in [3.63, 3.8) is 0 Å². The number of sulfonamides is 1. The molecule has 0 N–H and O–H groups in total. The lowest BCUT2D eigenvalue weighted by atomic mass is 10.2. The molecule has 0 spiro atoms. The first-order valence-corrected chi connectivity index (χ1v) is 11.0. The smallest absolute Gasteiger partial charge is 0.406 e. The van der Waals surface area contributed by atoms with E-state index in [0.29, 0.717) is 30.3 Å². The standard InChI is InChI=1S/C20H18F3N5O3S/c21-20(22,23)31-15-4-6-16(7-5-15)32(29,30)28-13-11-27(12-14-28)19-9-8-18(25-26-19)17-3-1-2-10-24-17/h1-10H,11-14H2. The van der Waals surface area contributed by atoms with Crippen LogP contribution in [0.25, 0.3) is 11.4 Å². The predicted octanol–water partition coefficient (Wildman–Crippen LogP) is 2.95. The fraction of sp³-hybridized carbons (Fsp3) is 0.250. The molecule has 2 aromatic heterocycles. The molecule has 0 radical (unpaired) electrons. The number of aromatic nitrogens is 3. The highest BCUT2D eigenvalue weighted by atomic mass is 32.2. The molecule has 12 heteroatoms. The zero-order valence-corrected chi connectivity index (χ0v) is 17.4. The number of ether oxygens (including phenoxy) is 1. The predicted molar refractivity (Wildman–Crippen MR) is 109 cm³/mol. The van der Waals surface area contributed by atoms with Gasteiger partial charge in [-0.15, -0.1) is 23.4 Å². The minimum atomic E-state index is -4.84. The van der Waals surface area contributed by atoms with E-state index in [1.54, 1.807) is 18.3 Å². The number of hydrogen-bond donors (Lipinski definition) is 0. The zero-order valence-electron chi connectivity index (χ0n) is 16.6. The van der Waals surface area contributed by atoms with Crippen LogP contribution in [0.3, 0.4) is 0 Å². The lowest BCUT2D eigenvalue weighted by Gasteiger charge is -2.34. The van der Waals surface area contributed by atoms with E-state index in [9.17, 15) is 21.6 Å². The summed E-state index contributed by atoms with van der Waals surface area (Å²) in [4.78, 5) is 6.05. The zero-order chi connectivity index (χ0) is 22.8. The van der Waals surface area contributed by atoms with Crippen LogP contribution in [0.5, 0.6) is 5.75 Å². The summed E-state index contributed by atoms with van der Waals surface area (Å²) in [5.74, 6) is 0.143. The summed E-state index contributed by atoms with van der Waals surface area (Å²) >= 11 is 0. The van der Waals surface area contributed by atoms with E-state index in [-0.39, 0.29) is 18.0 Å². The summed E-state index contributed by atoms with van der Waals surface area (Å²) in [5.41, 5.74) is 1.34. The van der Waals surface area contributed by atoms with Crippen molar-refractivity contribution in [2.45, 2.75) is 11.3 Å². The van der Waals surface area contributed by atoms with Crippen LogP contribution in [0.2, 0.25) is 0 Å². The van der Waals surface area contributed by atoms with Gasteiger partial charge in [0.05, 0.1) is 10.6 Å². The van der Waals surface area contributed by atoms with E-state index in [0.717, 1.165) is 24.3 Å². The van der Waals surface area contributed by atoms with Gasteiger partial charge in [0.2, 0.25) is 10.0 Å². The van der Waals surface area contributed by atoms with Crippen LogP contribution in [0.1, 0.15) is 0 Å². The Labute approximate surface area is 182 Å². The van der Waals surface area contributed by atoms with Gasteiger partial charge in [-0.3, -0.25) is 4.98 Å². The molecule has 168 valence electrons. The van der Waals surface area contributed by atoms with E-state index in [1.807, 2.05) is 23.1 Å². The van der Waals surface area contributed by atoms with Crippen molar-refractivity contribution in [2.24, 2.45) is 0 Å². The molecule has 4 rings (SSSR count). The fourth-order valence-electron chi connectivity index (χ4n) is 3.26. The SMILES string of the molecule is O=S(=O)(c1ccc(OC(F)(F)F)cc1)N1CCN(c2ccc(-c3ccccn3)nn2)CC1. The lowest BCUT2D eigenvalue weighted by molar-refractivity contribution is -0.274. The summed E-state index contributed by atoms with van der Waals surface area (Å²) in [7, 11) is -3.85. The van der Waals surface area contributed by atoms with Crippen LogP contribution in [-0.4, -0.2) is 60.4 Å². The van der Waals surface area contributed by atoms with Crippen molar-refractivity contribution < 1.29 is 26.3 Å². The van der Waals surface area contributed by atoms with Crippen molar-refractivity contribution in [1.29, 1.82) is 0 Å². The van der Waals surface area contributed by atoms with Gasteiger partial charge in [0.15, 0.2) is 5.82 Å². The first kappa shape index (κ1) is 22.0. The first-order chi connectivity index (χ1) is 15.2. The molecule has 1 aromatic carbocycles. The maximum Gasteiger partial charge on any atom is 0.573 e. The van der Waals surface area contributed by atoms with Gasteiger partial charge >= 0.3 is 6.36 Å². The molecular formula is C20H18F3N5O3S. The molecule has 0 amide bonds. The average molecular weight is 465 g/mol. The van der Waals surface area contributed by atoms with Gasteiger partial charge in [0.25, 0.3) is 0 Å². The van der Waals surface area contributed by atoms with Crippen molar-refractivity contribution in [3.05, 3.63) is 60.8 Å². The third-order valence-corrected chi connectivity index (χ3v) is 6.75. The Morgan fingerprint density at radius 2 is 1.56 bits per heavy atom. The summed E-state index contributed by atoms with van der Waals surface area (Å²) in [6, 6.07) is 13.3. The van der Waals surface area contributed by atoms with Crippen LogP contribution in [0, 0.1) is 0 Å². The van der Waals surface area contributed by atoms with Gasteiger partial charge in [-0.25, -0.2) is 8.42 Å². The fourth-order valence-corrected chi connectivity index (χ4v) is 4.69. The number of benzene rings is 1. The maximum absolute atomic E-state index is 12.8. The van der Waals surface area contributed by atoms with E-state index in [1.165, 1.54) is 4.31 Å². The molecule has 3 aromatic rings. The number of anilines is 1. The quantitative estimate of drug-likeness (QED) is 0.573. The molecule has 0 aliphatic carbocycles. The number of rotatable bonds is 5. The maximum atomic E-state index is 12.8. The molecule has 1 saturated heterocycles. The first-order valence-electron chi connectivity index (χ1n) is 9.58.